The average molecular weight is 565 g/mol. The molecule has 5 rings (SSSR count). The molecule has 0 radical (unpaired) electrons. The van der Waals surface area contributed by atoms with Gasteiger partial charge in [-0.2, -0.15) is 0 Å². The summed E-state index contributed by atoms with van der Waals surface area (Å²) in [6.07, 6.45) is 5.32. The summed E-state index contributed by atoms with van der Waals surface area (Å²) in [5, 5.41) is 0. The molecule has 37 heavy (non-hydrogen) atoms. The molecule has 0 saturated heterocycles. The molecule has 2 aromatic carbocycles. The number of carbonyl (C=O) groups is 2. The van der Waals surface area contributed by atoms with Gasteiger partial charge in [-0.25, -0.2) is 0 Å². The molecule has 2 aromatic rings. The zero-order chi connectivity index (χ0) is 25.9. The van der Waals surface area contributed by atoms with Crippen LogP contribution in [-0.4, -0.2) is 36.2 Å². The van der Waals surface area contributed by atoms with Crippen molar-refractivity contribution in [1.29, 1.82) is 0 Å². The van der Waals surface area contributed by atoms with Crippen molar-refractivity contribution < 1.29 is 19.1 Å². The van der Waals surface area contributed by atoms with Crippen molar-refractivity contribution in [3.63, 3.8) is 0 Å². The zero-order valence-corrected chi connectivity index (χ0v) is 23.2. The number of carbonyl (C=O) groups excluding carboxylic acids is 2. The van der Waals surface area contributed by atoms with Crippen LogP contribution in [0.25, 0.3) is 0 Å². The second kappa shape index (κ2) is 11.3. The van der Waals surface area contributed by atoms with Crippen molar-refractivity contribution in [1.82, 2.24) is 4.90 Å². The third kappa shape index (κ3) is 5.00. The highest BCUT2D eigenvalue weighted by Gasteiger charge is 2.43. The molecule has 1 aliphatic heterocycles. The van der Waals surface area contributed by atoms with Gasteiger partial charge in [-0.15, -0.1) is 0 Å². The number of hydrogen-bond donors (Lipinski definition) is 0. The van der Waals surface area contributed by atoms with E-state index in [0.29, 0.717) is 37.6 Å². The quantitative estimate of drug-likeness (QED) is 0.349. The molecule has 2 aliphatic carbocycles. The molecule has 0 bridgehead atoms. The van der Waals surface area contributed by atoms with Gasteiger partial charge in [-0.3, -0.25) is 9.59 Å². The van der Waals surface area contributed by atoms with E-state index < -0.39 is 0 Å². The summed E-state index contributed by atoms with van der Waals surface area (Å²) < 4.78 is 12.6. The Bertz CT molecular complexity index is 1220. The van der Waals surface area contributed by atoms with E-state index in [2.05, 4.69) is 45.1 Å². The number of rotatable bonds is 8. The Morgan fingerprint density at radius 2 is 1.49 bits per heavy atom. The first-order valence-corrected chi connectivity index (χ1v) is 14.3. The Morgan fingerprint density at radius 3 is 2.08 bits per heavy atom. The molecule has 6 heteroatoms. The first kappa shape index (κ1) is 25.8. The van der Waals surface area contributed by atoms with Gasteiger partial charge in [0.15, 0.2) is 23.1 Å². The SMILES string of the molecule is CCOc1cc(C2C3=C(CCCC3=O)N(CCc3ccccc3)C3=C2C(=O)CCC3)cc(Br)c1OCC. The number of allylic oxidation sites excluding steroid dienone is 4. The molecule has 194 valence electrons. The Hall–Kier alpha value is -2.86. The number of nitrogens with zero attached hydrogens (tertiary/aromatic N) is 1. The van der Waals surface area contributed by atoms with Crippen molar-refractivity contribution in [2.75, 3.05) is 19.8 Å². The molecule has 0 N–H and O–H groups in total. The third-order valence-corrected chi connectivity index (χ3v) is 8.10. The minimum atomic E-state index is -0.371. The lowest BCUT2D eigenvalue weighted by molar-refractivity contribution is -0.117. The van der Waals surface area contributed by atoms with E-state index >= 15 is 0 Å². The minimum absolute atomic E-state index is 0.156. The standard InChI is InChI=1S/C31H34BrNO4/c1-3-36-27-19-21(18-22(32)31(27)37-4-2)28-29-23(12-8-14-25(29)34)33(17-16-20-10-6-5-7-11-20)24-13-9-15-26(35)30(24)28/h5-7,10-11,18-19,28H,3-4,8-9,12-17H2,1-2H3. The monoisotopic (exact) mass is 563 g/mol. The largest absolute Gasteiger partial charge is 0.490 e. The highest BCUT2D eigenvalue weighted by atomic mass is 79.9. The summed E-state index contributed by atoms with van der Waals surface area (Å²) >= 11 is 3.69. The summed E-state index contributed by atoms with van der Waals surface area (Å²) in [5.74, 6) is 1.23. The summed E-state index contributed by atoms with van der Waals surface area (Å²) in [4.78, 5) is 29.5. The summed E-state index contributed by atoms with van der Waals surface area (Å²) in [6.45, 7) is 5.66. The van der Waals surface area contributed by atoms with Crippen LogP contribution in [0.15, 0.2) is 69.5 Å². The summed E-state index contributed by atoms with van der Waals surface area (Å²) in [5.41, 5.74) is 5.97. The van der Waals surface area contributed by atoms with Crippen molar-refractivity contribution in [3.8, 4) is 11.5 Å². The summed E-state index contributed by atoms with van der Waals surface area (Å²) in [7, 11) is 0. The normalized spacial score (nSPS) is 18.2. The van der Waals surface area contributed by atoms with E-state index in [9.17, 15) is 9.59 Å². The molecule has 0 unspecified atom stereocenters. The Kier molecular flexibility index (Phi) is 7.84. The fourth-order valence-corrected chi connectivity index (χ4v) is 6.58. The fraction of sp³-hybridized carbons (Fsp3) is 0.419. The molecule has 0 saturated carbocycles. The minimum Gasteiger partial charge on any atom is -0.490 e. The Labute approximate surface area is 227 Å². The number of ketones is 2. The molecule has 0 atom stereocenters. The maximum Gasteiger partial charge on any atom is 0.175 e. The van der Waals surface area contributed by atoms with Gasteiger partial charge in [0.2, 0.25) is 0 Å². The Balaban J connectivity index is 1.65. The van der Waals surface area contributed by atoms with Crippen LogP contribution in [0, 0.1) is 0 Å². The molecule has 0 aromatic heterocycles. The number of ether oxygens (including phenoxy) is 2. The maximum atomic E-state index is 13.6. The van der Waals surface area contributed by atoms with Gasteiger partial charge in [0.25, 0.3) is 0 Å². The van der Waals surface area contributed by atoms with Gasteiger partial charge in [-0.1, -0.05) is 30.3 Å². The van der Waals surface area contributed by atoms with Crippen molar-refractivity contribution in [2.24, 2.45) is 0 Å². The predicted octanol–water partition coefficient (Wildman–Crippen LogP) is 6.90. The molecular weight excluding hydrogens is 530 g/mol. The van der Waals surface area contributed by atoms with Gasteiger partial charge < -0.3 is 14.4 Å². The van der Waals surface area contributed by atoms with E-state index in [-0.39, 0.29) is 17.5 Å². The highest BCUT2D eigenvalue weighted by Crippen LogP contribution is 2.51. The predicted molar refractivity (Wildman–Crippen MR) is 148 cm³/mol. The molecule has 1 heterocycles. The molecule has 0 fully saturated rings. The van der Waals surface area contributed by atoms with E-state index in [1.54, 1.807) is 0 Å². The van der Waals surface area contributed by atoms with Gasteiger partial charge in [0.1, 0.15) is 0 Å². The number of hydrogen-bond acceptors (Lipinski definition) is 5. The smallest absolute Gasteiger partial charge is 0.175 e. The number of Topliss-reactive ketones (excluding diaryl/α,β-unsaturated/α-hetero) is 2. The topological polar surface area (TPSA) is 55.8 Å². The van der Waals surface area contributed by atoms with Gasteiger partial charge in [0.05, 0.1) is 17.7 Å². The van der Waals surface area contributed by atoms with Crippen LogP contribution in [0.1, 0.15) is 69.4 Å². The van der Waals surface area contributed by atoms with Crippen molar-refractivity contribution in [3.05, 3.63) is 80.6 Å². The second-order valence-corrected chi connectivity index (χ2v) is 10.6. The van der Waals surface area contributed by atoms with Gasteiger partial charge in [-0.05, 0) is 85.1 Å². The van der Waals surface area contributed by atoms with E-state index in [1.165, 1.54) is 5.56 Å². The van der Waals surface area contributed by atoms with Crippen LogP contribution < -0.4 is 9.47 Å². The van der Waals surface area contributed by atoms with E-state index in [1.807, 2.05) is 32.0 Å². The van der Waals surface area contributed by atoms with Crippen LogP contribution in [0.3, 0.4) is 0 Å². The average Bonchev–Trinajstić information content (AvgIpc) is 2.90. The lowest BCUT2D eigenvalue weighted by atomic mass is 9.71. The first-order chi connectivity index (χ1) is 18.0. The molecule has 0 amide bonds. The summed E-state index contributed by atoms with van der Waals surface area (Å²) in [6, 6.07) is 14.4. The first-order valence-electron chi connectivity index (χ1n) is 13.5. The molecule has 0 spiro atoms. The molecule has 3 aliphatic rings. The van der Waals surface area contributed by atoms with E-state index in [0.717, 1.165) is 71.2 Å². The lowest BCUT2D eigenvalue weighted by Crippen LogP contribution is -2.40. The van der Waals surface area contributed by atoms with Crippen LogP contribution in [0.4, 0.5) is 0 Å². The van der Waals surface area contributed by atoms with Crippen LogP contribution >= 0.6 is 15.9 Å². The van der Waals surface area contributed by atoms with Crippen LogP contribution in [0.2, 0.25) is 0 Å². The molecular formula is C31H34BrNO4. The van der Waals surface area contributed by atoms with Gasteiger partial charge in [0, 0.05) is 47.8 Å². The second-order valence-electron chi connectivity index (χ2n) is 9.79. The van der Waals surface area contributed by atoms with E-state index in [4.69, 9.17) is 9.47 Å². The zero-order valence-electron chi connectivity index (χ0n) is 21.6. The lowest BCUT2D eigenvalue weighted by Gasteiger charge is -2.44. The number of halogens is 1. The van der Waals surface area contributed by atoms with Crippen LogP contribution in [-0.2, 0) is 16.0 Å². The van der Waals surface area contributed by atoms with Crippen LogP contribution in [0.5, 0.6) is 11.5 Å². The number of benzene rings is 2. The fourth-order valence-electron chi connectivity index (χ4n) is 6.01. The maximum absolute atomic E-state index is 13.6. The van der Waals surface area contributed by atoms with Crippen molar-refractivity contribution >= 4 is 27.5 Å². The highest BCUT2D eigenvalue weighted by molar-refractivity contribution is 9.10. The Morgan fingerprint density at radius 1 is 0.865 bits per heavy atom. The van der Waals surface area contributed by atoms with Crippen molar-refractivity contribution in [2.45, 2.75) is 64.7 Å². The van der Waals surface area contributed by atoms with Gasteiger partial charge >= 0.3 is 0 Å². The molecule has 5 nitrogen and oxygen atoms in total. The third-order valence-electron chi connectivity index (χ3n) is 7.51.